The van der Waals surface area contributed by atoms with E-state index in [4.69, 9.17) is 63.7 Å². The van der Waals surface area contributed by atoms with Gasteiger partial charge in [-0.05, 0) is 54.1 Å². The lowest BCUT2D eigenvalue weighted by atomic mass is 10.1. The molecule has 2 atom stereocenters. The first-order valence-electron chi connectivity index (χ1n) is 9.88. The van der Waals surface area contributed by atoms with Gasteiger partial charge in [-0.3, -0.25) is 9.59 Å². The van der Waals surface area contributed by atoms with E-state index in [1.54, 1.807) is 12.1 Å². The summed E-state index contributed by atoms with van der Waals surface area (Å²) in [4.78, 5) is 25.6. The largest absolute Gasteiger partial charge is 0.399 e. The minimum Gasteiger partial charge on any atom is -0.399 e. The number of halogens is 7. The molecule has 1 unspecified atom stereocenters. The summed E-state index contributed by atoms with van der Waals surface area (Å²) < 4.78 is 26.7. The van der Waals surface area contributed by atoms with Gasteiger partial charge in [0.25, 0.3) is 5.91 Å². The number of rotatable bonds is 5. The van der Waals surface area contributed by atoms with Gasteiger partial charge in [-0.25, -0.2) is 8.78 Å². The van der Waals surface area contributed by atoms with Gasteiger partial charge >= 0.3 is 0 Å². The Labute approximate surface area is 223 Å². The van der Waals surface area contributed by atoms with Gasteiger partial charge in [0, 0.05) is 27.3 Å². The van der Waals surface area contributed by atoms with Crippen LogP contribution >= 0.6 is 58.0 Å². The fraction of sp³-hybridized carbons (Fsp3) is 0.130. The number of nitrogen functional groups attached to an aromatic ring is 1. The maximum absolute atomic E-state index is 14.1. The SMILES string of the molecule is Nc1cc(F)c(NC(=O)c2cc(NC(=O)[C@H]3C(c4cc(Cl)cc(Cl)c4)C3(Cl)Cl)ccc2Cl)c(F)c1. The van der Waals surface area contributed by atoms with Gasteiger partial charge in [0.05, 0.1) is 16.5 Å². The Bertz CT molecular complexity index is 1330. The van der Waals surface area contributed by atoms with Crippen LogP contribution in [0.3, 0.4) is 0 Å². The van der Waals surface area contributed by atoms with Gasteiger partial charge in [0.1, 0.15) is 10.0 Å². The second kappa shape index (κ2) is 9.64. The molecular weight excluding hydrogens is 566 g/mol. The first-order valence-corrected chi connectivity index (χ1v) is 11.8. The first-order chi connectivity index (χ1) is 16.4. The molecule has 0 bridgehead atoms. The molecule has 12 heteroatoms. The lowest BCUT2D eigenvalue weighted by molar-refractivity contribution is -0.117. The number of carbonyl (C=O) groups excluding carboxylic acids is 2. The van der Waals surface area contributed by atoms with Crippen molar-refractivity contribution in [1.82, 2.24) is 0 Å². The van der Waals surface area contributed by atoms with E-state index in [9.17, 15) is 18.4 Å². The van der Waals surface area contributed by atoms with Crippen LogP contribution in [-0.4, -0.2) is 16.1 Å². The predicted molar refractivity (Wildman–Crippen MR) is 136 cm³/mol. The summed E-state index contributed by atoms with van der Waals surface area (Å²) in [6, 6.07) is 10.5. The van der Waals surface area contributed by atoms with Crippen molar-refractivity contribution in [3.05, 3.63) is 86.4 Å². The zero-order valence-electron chi connectivity index (χ0n) is 17.3. The molecule has 182 valence electrons. The minimum atomic E-state index is -1.41. The highest BCUT2D eigenvalue weighted by Gasteiger charge is 2.67. The Morgan fingerprint density at radius 1 is 0.886 bits per heavy atom. The number of hydrogen-bond acceptors (Lipinski definition) is 3. The smallest absolute Gasteiger partial charge is 0.257 e. The van der Waals surface area contributed by atoms with Crippen LogP contribution in [0.2, 0.25) is 15.1 Å². The van der Waals surface area contributed by atoms with Crippen molar-refractivity contribution < 1.29 is 18.4 Å². The monoisotopic (exact) mass is 577 g/mol. The summed E-state index contributed by atoms with van der Waals surface area (Å²) in [7, 11) is 0. The van der Waals surface area contributed by atoms with Gasteiger partial charge in [0.15, 0.2) is 11.6 Å². The molecule has 4 N–H and O–H groups in total. The van der Waals surface area contributed by atoms with E-state index < -0.39 is 45.3 Å². The summed E-state index contributed by atoms with van der Waals surface area (Å²) in [6.07, 6.45) is 0. The molecule has 0 saturated heterocycles. The second-order valence-corrected chi connectivity index (χ2v) is 10.6. The third-order valence-corrected chi connectivity index (χ3v) is 7.07. The number of anilines is 3. The van der Waals surface area contributed by atoms with Crippen LogP contribution in [0.25, 0.3) is 0 Å². The fourth-order valence-corrected chi connectivity index (χ4v) is 5.29. The second-order valence-electron chi connectivity index (χ2n) is 7.83. The molecule has 0 aliphatic heterocycles. The molecule has 35 heavy (non-hydrogen) atoms. The van der Waals surface area contributed by atoms with Crippen LogP contribution < -0.4 is 16.4 Å². The van der Waals surface area contributed by atoms with Crippen molar-refractivity contribution in [2.24, 2.45) is 5.92 Å². The number of nitrogens with two attached hydrogens (primary N) is 1. The molecule has 0 radical (unpaired) electrons. The molecule has 1 aliphatic carbocycles. The van der Waals surface area contributed by atoms with E-state index in [-0.39, 0.29) is 22.0 Å². The molecular formula is C23H14Cl5F2N3O2. The summed E-state index contributed by atoms with van der Waals surface area (Å²) in [5.41, 5.74) is 5.18. The maximum atomic E-state index is 14.1. The number of hydrogen-bond donors (Lipinski definition) is 3. The standard InChI is InChI=1S/C23H14Cl5F2N3O2/c24-10-3-9(4-11(25)5-10)18-19(23(18,27)28)22(35)32-13-1-2-15(26)14(8-13)21(34)33-20-16(29)6-12(31)7-17(20)30/h1-8,18-19H,31H2,(H,32,35)(H,33,34)/t18?,19-/m1/s1. The van der Waals surface area contributed by atoms with Crippen molar-refractivity contribution in [3.8, 4) is 0 Å². The molecule has 2 amide bonds. The lowest BCUT2D eigenvalue weighted by Gasteiger charge is -2.12. The summed E-state index contributed by atoms with van der Waals surface area (Å²) in [6.45, 7) is 0. The van der Waals surface area contributed by atoms with E-state index in [1.165, 1.54) is 24.3 Å². The molecule has 5 nitrogen and oxygen atoms in total. The summed E-state index contributed by atoms with van der Waals surface area (Å²) in [5.74, 6) is -4.97. The van der Waals surface area contributed by atoms with Gasteiger partial charge in [0.2, 0.25) is 5.91 Å². The fourth-order valence-electron chi connectivity index (χ4n) is 3.71. The van der Waals surface area contributed by atoms with E-state index in [0.29, 0.717) is 15.6 Å². The lowest BCUT2D eigenvalue weighted by Crippen LogP contribution is -2.19. The van der Waals surface area contributed by atoms with E-state index in [2.05, 4.69) is 10.6 Å². The van der Waals surface area contributed by atoms with Crippen LogP contribution in [0.1, 0.15) is 21.8 Å². The van der Waals surface area contributed by atoms with E-state index >= 15 is 0 Å². The molecule has 0 aromatic heterocycles. The number of alkyl halides is 2. The van der Waals surface area contributed by atoms with Crippen molar-refractivity contribution in [1.29, 1.82) is 0 Å². The first kappa shape index (κ1) is 25.8. The molecule has 3 aromatic rings. The predicted octanol–water partition coefficient (Wildman–Crippen LogP) is 7.29. The van der Waals surface area contributed by atoms with Crippen LogP contribution in [0.4, 0.5) is 25.8 Å². The average molecular weight is 580 g/mol. The van der Waals surface area contributed by atoms with Crippen LogP contribution in [-0.2, 0) is 4.79 Å². The Morgan fingerprint density at radius 2 is 1.49 bits per heavy atom. The Hall–Kier alpha value is -2.29. The molecule has 4 rings (SSSR count). The molecule has 3 aromatic carbocycles. The van der Waals surface area contributed by atoms with Gasteiger partial charge < -0.3 is 16.4 Å². The van der Waals surface area contributed by atoms with Crippen LogP contribution in [0, 0.1) is 17.6 Å². The Morgan fingerprint density at radius 3 is 2.09 bits per heavy atom. The minimum absolute atomic E-state index is 0.0151. The highest BCUT2D eigenvalue weighted by atomic mass is 35.5. The van der Waals surface area contributed by atoms with Gasteiger partial charge in [-0.2, -0.15) is 0 Å². The third kappa shape index (κ3) is 5.29. The number of benzene rings is 3. The van der Waals surface area contributed by atoms with Crippen LogP contribution in [0.15, 0.2) is 48.5 Å². The molecule has 1 aliphatic rings. The number of nitrogens with one attached hydrogen (secondary N) is 2. The van der Waals surface area contributed by atoms with Crippen molar-refractivity contribution in [3.63, 3.8) is 0 Å². The van der Waals surface area contributed by atoms with Crippen molar-refractivity contribution in [2.75, 3.05) is 16.4 Å². The zero-order valence-corrected chi connectivity index (χ0v) is 21.1. The summed E-state index contributed by atoms with van der Waals surface area (Å²) in [5, 5.41) is 5.47. The Kier molecular flexibility index (Phi) is 7.10. The number of carbonyl (C=O) groups is 2. The quantitative estimate of drug-likeness (QED) is 0.219. The number of amides is 2. The highest BCUT2D eigenvalue weighted by molar-refractivity contribution is 6.53. The van der Waals surface area contributed by atoms with Crippen molar-refractivity contribution >= 4 is 86.9 Å². The molecule has 0 heterocycles. The topological polar surface area (TPSA) is 84.2 Å². The average Bonchev–Trinajstić information content (AvgIpc) is 3.33. The highest BCUT2D eigenvalue weighted by Crippen LogP contribution is 2.65. The Balaban J connectivity index is 1.53. The molecule has 1 saturated carbocycles. The van der Waals surface area contributed by atoms with Crippen molar-refractivity contribution in [2.45, 2.75) is 10.3 Å². The molecule has 1 fully saturated rings. The zero-order chi connectivity index (χ0) is 25.7. The molecule has 0 spiro atoms. The summed E-state index contributed by atoms with van der Waals surface area (Å²) >= 11 is 30.9. The van der Waals surface area contributed by atoms with E-state index in [1.807, 2.05) is 0 Å². The van der Waals surface area contributed by atoms with Gasteiger partial charge in [-0.1, -0.05) is 34.8 Å². The van der Waals surface area contributed by atoms with E-state index in [0.717, 1.165) is 12.1 Å². The van der Waals surface area contributed by atoms with Gasteiger partial charge in [-0.15, -0.1) is 23.2 Å². The normalized spacial score (nSPS) is 18.1. The van der Waals surface area contributed by atoms with Crippen LogP contribution in [0.5, 0.6) is 0 Å². The maximum Gasteiger partial charge on any atom is 0.257 e. The third-order valence-electron chi connectivity index (χ3n) is 5.36.